The van der Waals surface area contributed by atoms with Gasteiger partial charge >= 0.3 is 0 Å². The summed E-state index contributed by atoms with van der Waals surface area (Å²) in [7, 11) is 0. The maximum Gasteiger partial charge on any atom is 0.228 e. The molecule has 1 aliphatic heterocycles. The second-order valence-electron chi connectivity index (χ2n) is 7.68. The van der Waals surface area contributed by atoms with Crippen molar-refractivity contribution in [3.8, 4) is 11.3 Å². The third-order valence-electron chi connectivity index (χ3n) is 5.28. The van der Waals surface area contributed by atoms with Crippen molar-refractivity contribution < 1.29 is 0 Å². The molecule has 1 aromatic heterocycles. The fourth-order valence-electron chi connectivity index (χ4n) is 3.68. The smallest absolute Gasteiger partial charge is 0.228 e. The van der Waals surface area contributed by atoms with Gasteiger partial charge in [0.15, 0.2) is 0 Å². The number of rotatable bonds is 6. The van der Waals surface area contributed by atoms with Crippen LogP contribution in [0.3, 0.4) is 0 Å². The van der Waals surface area contributed by atoms with E-state index in [9.17, 15) is 0 Å². The molecule has 3 aromatic rings. The van der Waals surface area contributed by atoms with Crippen molar-refractivity contribution in [3.05, 3.63) is 72.3 Å². The van der Waals surface area contributed by atoms with Gasteiger partial charge in [-0.1, -0.05) is 60.7 Å². The number of aromatic nitrogens is 2. The monoisotopic (exact) mass is 372 g/mol. The minimum absolute atomic E-state index is 0.303. The van der Waals surface area contributed by atoms with Crippen LogP contribution in [0.25, 0.3) is 11.3 Å². The van der Waals surface area contributed by atoms with Crippen LogP contribution in [0.2, 0.25) is 0 Å². The maximum atomic E-state index is 5.00. The minimum atomic E-state index is 0.303. The van der Waals surface area contributed by atoms with E-state index in [1.165, 1.54) is 18.4 Å². The summed E-state index contributed by atoms with van der Waals surface area (Å²) >= 11 is 0. The molecule has 0 radical (unpaired) electrons. The van der Waals surface area contributed by atoms with Gasteiger partial charge in [0.05, 0.1) is 5.69 Å². The van der Waals surface area contributed by atoms with Crippen molar-refractivity contribution in [2.24, 2.45) is 0 Å². The first-order valence-corrected chi connectivity index (χ1v) is 10.2. The number of benzene rings is 2. The molecule has 1 saturated heterocycles. The van der Waals surface area contributed by atoms with Crippen molar-refractivity contribution in [2.45, 2.75) is 39.3 Å². The van der Waals surface area contributed by atoms with Gasteiger partial charge in [0, 0.05) is 37.3 Å². The van der Waals surface area contributed by atoms with Crippen LogP contribution < -0.4 is 9.80 Å². The summed E-state index contributed by atoms with van der Waals surface area (Å²) in [5.74, 6) is 1.85. The highest BCUT2D eigenvalue weighted by Crippen LogP contribution is 2.28. The topological polar surface area (TPSA) is 32.3 Å². The summed E-state index contributed by atoms with van der Waals surface area (Å²) in [6.45, 7) is 7.36. The highest BCUT2D eigenvalue weighted by atomic mass is 15.3. The molecule has 4 heteroatoms. The van der Waals surface area contributed by atoms with E-state index in [-0.39, 0.29) is 0 Å². The van der Waals surface area contributed by atoms with Gasteiger partial charge in [-0.05, 0) is 32.3 Å². The molecule has 4 rings (SSSR count). The molecule has 0 N–H and O–H groups in total. The molecule has 0 aliphatic carbocycles. The number of hydrogen-bond donors (Lipinski definition) is 0. The Morgan fingerprint density at radius 2 is 1.54 bits per heavy atom. The van der Waals surface area contributed by atoms with Crippen LogP contribution in [0.1, 0.15) is 32.3 Å². The quantitative estimate of drug-likeness (QED) is 0.598. The van der Waals surface area contributed by atoms with E-state index in [4.69, 9.17) is 9.97 Å². The van der Waals surface area contributed by atoms with Crippen LogP contribution >= 0.6 is 0 Å². The number of anilines is 2. The first-order chi connectivity index (χ1) is 13.7. The number of hydrogen-bond acceptors (Lipinski definition) is 4. The van der Waals surface area contributed by atoms with Crippen molar-refractivity contribution in [2.75, 3.05) is 22.9 Å². The molecule has 144 valence electrons. The molecule has 1 aliphatic rings. The molecule has 1 fully saturated rings. The fourth-order valence-corrected chi connectivity index (χ4v) is 3.68. The van der Waals surface area contributed by atoms with Crippen LogP contribution in [-0.4, -0.2) is 29.1 Å². The SMILES string of the molecule is CC(C)N(Cc1ccccc1)c1nc(-c2ccccc2)cc(N2CCCC2)n1. The average Bonchev–Trinajstić information content (AvgIpc) is 3.28. The van der Waals surface area contributed by atoms with Crippen molar-refractivity contribution in [3.63, 3.8) is 0 Å². The van der Waals surface area contributed by atoms with Crippen LogP contribution in [0.15, 0.2) is 66.7 Å². The summed E-state index contributed by atoms with van der Waals surface area (Å²) < 4.78 is 0. The third-order valence-corrected chi connectivity index (χ3v) is 5.28. The highest BCUT2D eigenvalue weighted by Gasteiger charge is 2.20. The molecule has 0 amide bonds. The van der Waals surface area contributed by atoms with E-state index in [2.05, 4.69) is 84.3 Å². The first-order valence-electron chi connectivity index (χ1n) is 10.2. The Kier molecular flexibility index (Phi) is 5.56. The molecule has 0 spiro atoms. The zero-order valence-corrected chi connectivity index (χ0v) is 16.8. The predicted octanol–water partition coefficient (Wildman–Crippen LogP) is 5.16. The van der Waals surface area contributed by atoms with Gasteiger partial charge in [-0.25, -0.2) is 4.98 Å². The van der Waals surface area contributed by atoms with E-state index >= 15 is 0 Å². The third kappa shape index (κ3) is 4.16. The first kappa shape index (κ1) is 18.5. The zero-order valence-electron chi connectivity index (χ0n) is 16.8. The van der Waals surface area contributed by atoms with Crippen LogP contribution in [-0.2, 0) is 6.54 Å². The van der Waals surface area contributed by atoms with Crippen LogP contribution in [0, 0.1) is 0 Å². The second-order valence-corrected chi connectivity index (χ2v) is 7.68. The van der Waals surface area contributed by atoms with Crippen LogP contribution in [0.5, 0.6) is 0 Å². The second kappa shape index (κ2) is 8.42. The summed E-state index contributed by atoms with van der Waals surface area (Å²) in [6.07, 6.45) is 2.47. The lowest BCUT2D eigenvalue weighted by molar-refractivity contribution is 0.660. The van der Waals surface area contributed by atoms with Crippen LogP contribution in [0.4, 0.5) is 11.8 Å². The maximum absolute atomic E-state index is 5.00. The normalized spacial score (nSPS) is 13.9. The Hall–Kier alpha value is -2.88. The Labute approximate surface area is 167 Å². The van der Waals surface area contributed by atoms with Gasteiger partial charge in [-0.2, -0.15) is 4.98 Å². The van der Waals surface area contributed by atoms with Gasteiger partial charge < -0.3 is 9.80 Å². The minimum Gasteiger partial charge on any atom is -0.356 e. The van der Waals surface area contributed by atoms with Crippen molar-refractivity contribution in [1.29, 1.82) is 0 Å². The van der Waals surface area contributed by atoms with E-state index in [0.29, 0.717) is 6.04 Å². The molecule has 4 nitrogen and oxygen atoms in total. The van der Waals surface area contributed by atoms with Gasteiger partial charge in [0.2, 0.25) is 5.95 Å². The van der Waals surface area contributed by atoms with Gasteiger partial charge in [-0.3, -0.25) is 0 Å². The summed E-state index contributed by atoms with van der Waals surface area (Å²) in [6, 6.07) is 23.4. The molecule has 2 heterocycles. The molecule has 0 atom stereocenters. The van der Waals surface area contributed by atoms with Gasteiger partial charge in [-0.15, -0.1) is 0 Å². The summed E-state index contributed by atoms with van der Waals surface area (Å²) in [4.78, 5) is 14.7. The lowest BCUT2D eigenvalue weighted by Crippen LogP contribution is -2.32. The summed E-state index contributed by atoms with van der Waals surface area (Å²) in [5, 5.41) is 0. The van der Waals surface area contributed by atoms with Crippen molar-refractivity contribution >= 4 is 11.8 Å². The zero-order chi connectivity index (χ0) is 19.3. The fraction of sp³-hybridized carbons (Fsp3) is 0.333. The Bertz CT molecular complexity index is 887. The average molecular weight is 373 g/mol. The lowest BCUT2D eigenvalue weighted by Gasteiger charge is -2.28. The van der Waals surface area contributed by atoms with E-state index in [0.717, 1.165) is 42.7 Å². The lowest BCUT2D eigenvalue weighted by atomic mass is 10.1. The van der Waals surface area contributed by atoms with E-state index in [1.807, 2.05) is 6.07 Å². The summed E-state index contributed by atoms with van der Waals surface area (Å²) in [5.41, 5.74) is 3.40. The molecule has 0 unspecified atom stereocenters. The van der Waals surface area contributed by atoms with Gasteiger partial charge in [0.1, 0.15) is 5.82 Å². The Morgan fingerprint density at radius 3 is 2.18 bits per heavy atom. The standard InChI is InChI=1S/C24H28N4/c1-19(2)28(18-20-11-5-3-6-12-20)24-25-22(21-13-7-4-8-14-21)17-23(26-24)27-15-9-10-16-27/h3-8,11-14,17,19H,9-10,15-16,18H2,1-2H3. The molecule has 28 heavy (non-hydrogen) atoms. The predicted molar refractivity (Wildman–Crippen MR) is 117 cm³/mol. The molecule has 2 aromatic carbocycles. The van der Waals surface area contributed by atoms with E-state index in [1.54, 1.807) is 0 Å². The molecular weight excluding hydrogens is 344 g/mol. The highest BCUT2D eigenvalue weighted by molar-refractivity contribution is 5.65. The molecular formula is C24H28N4. The molecule has 0 bridgehead atoms. The number of nitrogens with zero attached hydrogens (tertiary/aromatic N) is 4. The van der Waals surface area contributed by atoms with E-state index < -0.39 is 0 Å². The largest absolute Gasteiger partial charge is 0.356 e. The Morgan fingerprint density at radius 1 is 0.893 bits per heavy atom. The van der Waals surface area contributed by atoms with Crippen molar-refractivity contribution in [1.82, 2.24) is 9.97 Å². The Balaban J connectivity index is 1.75. The molecule has 0 saturated carbocycles. The van der Waals surface area contributed by atoms with Gasteiger partial charge in [0.25, 0.3) is 0 Å².